The first kappa shape index (κ1) is 12.1. The van der Waals surface area contributed by atoms with E-state index >= 15 is 0 Å². The monoisotopic (exact) mass is 249 g/mol. The van der Waals surface area contributed by atoms with Crippen LogP contribution in [0.5, 0.6) is 11.5 Å². The maximum absolute atomic E-state index is 8.80. The third-order valence-electron chi connectivity index (χ3n) is 3.12. The zero-order valence-corrected chi connectivity index (χ0v) is 10.7. The van der Waals surface area contributed by atoms with Gasteiger partial charge in [0.25, 0.3) is 0 Å². The SMILES string of the molecule is COc1cc(C#N)ccc1OCC1(CS)CC1. The van der Waals surface area contributed by atoms with E-state index < -0.39 is 0 Å². The van der Waals surface area contributed by atoms with Crippen LogP contribution in [0, 0.1) is 16.7 Å². The van der Waals surface area contributed by atoms with E-state index in [-0.39, 0.29) is 5.41 Å². The van der Waals surface area contributed by atoms with Gasteiger partial charge in [0.1, 0.15) is 0 Å². The van der Waals surface area contributed by atoms with Gasteiger partial charge < -0.3 is 9.47 Å². The summed E-state index contributed by atoms with van der Waals surface area (Å²) in [4.78, 5) is 0. The maximum Gasteiger partial charge on any atom is 0.162 e. The van der Waals surface area contributed by atoms with Crippen LogP contribution in [0.2, 0.25) is 0 Å². The third kappa shape index (κ3) is 2.67. The number of thiol groups is 1. The molecule has 1 aliphatic rings. The molecule has 0 amide bonds. The van der Waals surface area contributed by atoms with Crippen LogP contribution >= 0.6 is 12.6 Å². The minimum Gasteiger partial charge on any atom is -0.493 e. The van der Waals surface area contributed by atoms with Crippen LogP contribution in [-0.2, 0) is 0 Å². The van der Waals surface area contributed by atoms with Crippen molar-refractivity contribution >= 4 is 12.6 Å². The molecule has 1 saturated carbocycles. The molecule has 0 radical (unpaired) electrons. The Labute approximate surface area is 107 Å². The second-order valence-corrected chi connectivity index (χ2v) is 4.74. The summed E-state index contributed by atoms with van der Waals surface area (Å²) in [7, 11) is 1.58. The molecule has 4 heteroatoms. The zero-order chi connectivity index (χ0) is 12.3. The Morgan fingerprint density at radius 3 is 2.71 bits per heavy atom. The van der Waals surface area contributed by atoms with E-state index in [1.807, 2.05) is 0 Å². The van der Waals surface area contributed by atoms with E-state index in [0.717, 1.165) is 5.75 Å². The summed E-state index contributed by atoms with van der Waals surface area (Å²) in [5.74, 6) is 2.16. The fourth-order valence-electron chi connectivity index (χ4n) is 1.61. The molecule has 17 heavy (non-hydrogen) atoms. The molecule has 0 aromatic heterocycles. The van der Waals surface area contributed by atoms with Crippen molar-refractivity contribution in [3.05, 3.63) is 23.8 Å². The van der Waals surface area contributed by atoms with Gasteiger partial charge >= 0.3 is 0 Å². The van der Waals surface area contributed by atoms with Gasteiger partial charge in [0.15, 0.2) is 11.5 Å². The van der Waals surface area contributed by atoms with Crippen LogP contribution < -0.4 is 9.47 Å². The lowest BCUT2D eigenvalue weighted by Gasteiger charge is -2.15. The molecule has 0 N–H and O–H groups in total. The number of hydrogen-bond acceptors (Lipinski definition) is 4. The van der Waals surface area contributed by atoms with E-state index in [4.69, 9.17) is 14.7 Å². The highest BCUT2D eigenvalue weighted by Crippen LogP contribution is 2.47. The third-order valence-corrected chi connectivity index (χ3v) is 3.79. The van der Waals surface area contributed by atoms with Gasteiger partial charge in [-0.3, -0.25) is 0 Å². The Kier molecular flexibility index (Phi) is 3.49. The standard InChI is InChI=1S/C13H15NO2S/c1-15-12-6-10(7-14)2-3-11(12)16-8-13(9-17)4-5-13/h2-3,6,17H,4-5,8-9H2,1H3. The van der Waals surface area contributed by atoms with Crippen LogP contribution in [0.25, 0.3) is 0 Å². The summed E-state index contributed by atoms with van der Waals surface area (Å²) in [5, 5.41) is 8.80. The first-order valence-electron chi connectivity index (χ1n) is 5.55. The van der Waals surface area contributed by atoms with Crippen molar-refractivity contribution in [3.8, 4) is 17.6 Å². The van der Waals surface area contributed by atoms with Crippen molar-refractivity contribution in [1.82, 2.24) is 0 Å². The molecule has 1 aromatic rings. The molecule has 0 unspecified atom stereocenters. The number of hydrogen-bond donors (Lipinski definition) is 1. The number of methoxy groups -OCH3 is 1. The van der Waals surface area contributed by atoms with Gasteiger partial charge in [-0.2, -0.15) is 17.9 Å². The Morgan fingerprint density at radius 1 is 1.41 bits per heavy atom. The smallest absolute Gasteiger partial charge is 0.162 e. The lowest BCUT2D eigenvalue weighted by atomic mass is 10.1. The van der Waals surface area contributed by atoms with Gasteiger partial charge in [-0.05, 0) is 30.7 Å². The summed E-state index contributed by atoms with van der Waals surface area (Å²) in [6.45, 7) is 0.665. The van der Waals surface area contributed by atoms with Crippen molar-refractivity contribution in [2.45, 2.75) is 12.8 Å². The highest BCUT2D eigenvalue weighted by Gasteiger charge is 2.42. The highest BCUT2D eigenvalue weighted by atomic mass is 32.1. The summed E-state index contributed by atoms with van der Waals surface area (Å²) < 4.78 is 11.0. The van der Waals surface area contributed by atoms with Gasteiger partial charge in [-0.25, -0.2) is 0 Å². The predicted molar refractivity (Wildman–Crippen MR) is 68.7 cm³/mol. The number of rotatable bonds is 5. The van der Waals surface area contributed by atoms with Gasteiger partial charge in [0, 0.05) is 11.5 Å². The van der Waals surface area contributed by atoms with Crippen molar-refractivity contribution in [1.29, 1.82) is 5.26 Å². The molecule has 0 bridgehead atoms. The first-order chi connectivity index (χ1) is 8.23. The van der Waals surface area contributed by atoms with Crippen LogP contribution in [-0.4, -0.2) is 19.5 Å². The zero-order valence-electron chi connectivity index (χ0n) is 9.77. The fourth-order valence-corrected chi connectivity index (χ4v) is 2.02. The average Bonchev–Trinajstić information content (AvgIpc) is 3.16. The number of nitrogens with zero attached hydrogens (tertiary/aromatic N) is 1. The highest BCUT2D eigenvalue weighted by molar-refractivity contribution is 7.80. The predicted octanol–water partition coefficient (Wildman–Crippen LogP) is 2.66. The molecule has 1 aliphatic carbocycles. The number of benzene rings is 1. The molecule has 2 rings (SSSR count). The molecule has 0 atom stereocenters. The van der Waals surface area contributed by atoms with Crippen LogP contribution in [0.4, 0.5) is 0 Å². The lowest BCUT2D eigenvalue weighted by Crippen LogP contribution is -2.14. The maximum atomic E-state index is 8.80. The number of ether oxygens (including phenoxy) is 2. The molecule has 90 valence electrons. The van der Waals surface area contributed by atoms with E-state index in [0.29, 0.717) is 23.7 Å². The molecule has 1 fully saturated rings. The lowest BCUT2D eigenvalue weighted by molar-refractivity contribution is 0.239. The van der Waals surface area contributed by atoms with Crippen LogP contribution in [0.1, 0.15) is 18.4 Å². The quantitative estimate of drug-likeness (QED) is 0.816. The Hall–Kier alpha value is -1.34. The topological polar surface area (TPSA) is 42.2 Å². The van der Waals surface area contributed by atoms with Crippen molar-refractivity contribution in [2.24, 2.45) is 5.41 Å². The first-order valence-corrected chi connectivity index (χ1v) is 6.18. The van der Waals surface area contributed by atoms with Gasteiger partial charge in [-0.15, -0.1) is 0 Å². The minimum atomic E-state index is 0.252. The fraction of sp³-hybridized carbons (Fsp3) is 0.462. The molecular weight excluding hydrogens is 234 g/mol. The molecule has 0 spiro atoms. The Balaban J connectivity index is 2.08. The molecule has 0 heterocycles. The van der Waals surface area contributed by atoms with Crippen molar-refractivity contribution < 1.29 is 9.47 Å². The minimum absolute atomic E-state index is 0.252. The second kappa shape index (κ2) is 4.89. The molecule has 1 aromatic carbocycles. The normalized spacial score (nSPS) is 16.1. The number of nitriles is 1. The molecule has 0 saturated heterocycles. The second-order valence-electron chi connectivity index (χ2n) is 4.42. The van der Waals surface area contributed by atoms with Crippen LogP contribution in [0.3, 0.4) is 0 Å². The summed E-state index contributed by atoms with van der Waals surface area (Å²) in [5.41, 5.74) is 0.826. The van der Waals surface area contributed by atoms with Crippen molar-refractivity contribution in [2.75, 3.05) is 19.5 Å². The molecule has 0 aliphatic heterocycles. The molecule has 3 nitrogen and oxygen atoms in total. The Bertz CT molecular complexity index is 449. The van der Waals surface area contributed by atoms with Crippen LogP contribution in [0.15, 0.2) is 18.2 Å². The van der Waals surface area contributed by atoms with Gasteiger partial charge in [0.2, 0.25) is 0 Å². The van der Waals surface area contributed by atoms with Gasteiger partial charge in [0.05, 0.1) is 25.3 Å². The van der Waals surface area contributed by atoms with E-state index in [9.17, 15) is 0 Å². The summed E-state index contributed by atoms with van der Waals surface area (Å²) in [6, 6.07) is 7.29. The summed E-state index contributed by atoms with van der Waals surface area (Å²) >= 11 is 4.34. The largest absolute Gasteiger partial charge is 0.493 e. The van der Waals surface area contributed by atoms with E-state index in [1.165, 1.54) is 12.8 Å². The average molecular weight is 249 g/mol. The van der Waals surface area contributed by atoms with E-state index in [1.54, 1.807) is 25.3 Å². The molecular formula is C13H15NO2S. The van der Waals surface area contributed by atoms with Gasteiger partial charge in [-0.1, -0.05) is 0 Å². The van der Waals surface area contributed by atoms with E-state index in [2.05, 4.69) is 18.7 Å². The summed E-state index contributed by atoms with van der Waals surface area (Å²) in [6.07, 6.45) is 2.35. The van der Waals surface area contributed by atoms with Crippen molar-refractivity contribution in [3.63, 3.8) is 0 Å². The Morgan fingerprint density at radius 2 is 2.18 bits per heavy atom.